The minimum Gasteiger partial charge on any atom is -0.346 e. The third-order valence-electron chi connectivity index (χ3n) is 3.21. The minimum absolute atomic E-state index is 0.332. The lowest BCUT2D eigenvalue weighted by molar-refractivity contribution is -0.137. The molecule has 6 heteroatoms. The van der Waals surface area contributed by atoms with Crippen molar-refractivity contribution in [3.63, 3.8) is 0 Å². The number of carbonyl (C=O) groups is 1. The van der Waals surface area contributed by atoms with E-state index in [4.69, 9.17) is 0 Å². The topological polar surface area (TPSA) is 42.0 Å². The first-order valence-corrected chi connectivity index (χ1v) is 6.92. The first-order valence-electron chi connectivity index (χ1n) is 6.92. The van der Waals surface area contributed by atoms with E-state index in [-0.39, 0.29) is 5.91 Å². The third kappa shape index (κ3) is 4.95. The normalized spacial score (nSPS) is 13.0. The van der Waals surface area contributed by atoms with Crippen molar-refractivity contribution in [2.75, 3.05) is 0 Å². The monoisotopic (exact) mass is 320 g/mol. The number of carbonyl (C=O) groups excluding carboxylic acids is 1. The van der Waals surface area contributed by atoms with Crippen LogP contribution in [0.15, 0.2) is 54.9 Å². The molecule has 3 nitrogen and oxygen atoms in total. The standard InChI is InChI=1S/C17H15F3N2O/c1-12(14-5-7-15(8-6-14)17(18,19)20)22-16(23)9-4-13-3-2-10-21-11-13/h2-12H,1H3,(H,22,23)/b9-4+. The molecule has 0 radical (unpaired) electrons. The zero-order valence-electron chi connectivity index (χ0n) is 12.3. The molecule has 2 aromatic rings. The predicted molar refractivity (Wildman–Crippen MR) is 81.3 cm³/mol. The number of rotatable bonds is 4. The van der Waals surface area contributed by atoms with Gasteiger partial charge in [-0.25, -0.2) is 0 Å². The van der Waals surface area contributed by atoms with Gasteiger partial charge in [0.2, 0.25) is 5.91 Å². The van der Waals surface area contributed by atoms with Crippen molar-refractivity contribution in [3.8, 4) is 0 Å². The average Bonchev–Trinajstić information content (AvgIpc) is 2.53. The van der Waals surface area contributed by atoms with Gasteiger partial charge in [0.15, 0.2) is 0 Å². The van der Waals surface area contributed by atoms with Gasteiger partial charge >= 0.3 is 6.18 Å². The van der Waals surface area contributed by atoms with Crippen molar-refractivity contribution in [2.24, 2.45) is 0 Å². The minimum atomic E-state index is -4.36. The number of hydrogen-bond acceptors (Lipinski definition) is 2. The van der Waals surface area contributed by atoms with E-state index in [1.165, 1.54) is 18.2 Å². The fraction of sp³-hybridized carbons (Fsp3) is 0.176. The highest BCUT2D eigenvalue weighted by Gasteiger charge is 2.30. The van der Waals surface area contributed by atoms with E-state index in [0.717, 1.165) is 17.7 Å². The van der Waals surface area contributed by atoms with Crippen molar-refractivity contribution < 1.29 is 18.0 Å². The molecule has 0 bridgehead atoms. The van der Waals surface area contributed by atoms with Crippen LogP contribution >= 0.6 is 0 Å². The molecule has 1 aromatic carbocycles. The Hall–Kier alpha value is -2.63. The SMILES string of the molecule is CC(NC(=O)/C=C/c1cccnc1)c1ccc(C(F)(F)F)cc1. The van der Waals surface area contributed by atoms with E-state index in [0.29, 0.717) is 5.56 Å². The second-order valence-electron chi connectivity index (χ2n) is 4.97. The van der Waals surface area contributed by atoms with E-state index in [2.05, 4.69) is 10.3 Å². The highest BCUT2D eigenvalue weighted by molar-refractivity contribution is 5.91. The summed E-state index contributed by atoms with van der Waals surface area (Å²) in [4.78, 5) is 15.8. The van der Waals surface area contributed by atoms with Crippen molar-refractivity contribution in [3.05, 3.63) is 71.6 Å². The van der Waals surface area contributed by atoms with Crippen LogP contribution < -0.4 is 5.32 Å². The van der Waals surface area contributed by atoms with Gasteiger partial charge in [0.25, 0.3) is 0 Å². The smallest absolute Gasteiger partial charge is 0.346 e. The van der Waals surface area contributed by atoms with E-state index in [1.807, 2.05) is 0 Å². The van der Waals surface area contributed by atoms with Crippen LogP contribution in [0.1, 0.15) is 29.7 Å². The van der Waals surface area contributed by atoms with Gasteiger partial charge in [-0.3, -0.25) is 9.78 Å². The number of nitrogens with zero attached hydrogens (tertiary/aromatic N) is 1. The summed E-state index contributed by atoms with van der Waals surface area (Å²) in [5.41, 5.74) is 0.669. The van der Waals surface area contributed by atoms with Crippen LogP contribution in [0, 0.1) is 0 Å². The highest BCUT2D eigenvalue weighted by Crippen LogP contribution is 2.29. The predicted octanol–water partition coefficient (Wildman–Crippen LogP) is 3.99. The van der Waals surface area contributed by atoms with Gasteiger partial charge in [0, 0.05) is 18.5 Å². The van der Waals surface area contributed by atoms with Gasteiger partial charge in [-0.15, -0.1) is 0 Å². The van der Waals surface area contributed by atoms with Gasteiger partial charge in [-0.1, -0.05) is 18.2 Å². The van der Waals surface area contributed by atoms with Crippen molar-refractivity contribution in [1.29, 1.82) is 0 Å². The van der Waals surface area contributed by atoms with Crippen LogP contribution in [0.25, 0.3) is 6.08 Å². The summed E-state index contributed by atoms with van der Waals surface area (Å²) in [6.45, 7) is 1.71. The molecule has 1 atom stereocenters. The number of nitrogens with one attached hydrogen (secondary N) is 1. The fourth-order valence-corrected chi connectivity index (χ4v) is 1.95. The maximum absolute atomic E-state index is 12.5. The quantitative estimate of drug-likeness (QED) is 0.866. The Kier molecular flexibility index (Phi) is 5.16. The zero-order valence-corrected chi connectivity index (χ0v) is 12.3. The molecule has 120 valence electrons. The lowest BCUT2D eigenvalue weighted by Crippen LogP contribution is -2.24. The van der Waals surface area contributed by atoms with Crippen molar-refractivity contribution >= 4 is 12.0 Å². The second kappa shape index (κ2) is 7.09. The van der Waals surface area contributed by atoms with Crippen LogP contribution in [-0.4, -0.2) is 10.9 Å². The van der Waals surface area contributed by atoms with Gasteiger partial charge in [-0.05, 0) is 42.3 Å². The number of hydrogen-bond donors (Lipinski definition) is 1. The first kappa shape index (κ1) is 16.7. The number of alkyl halides is 3. The van der Waals surface area contributed by atoms with Gasteiger partial charge in [0.1, 0.15) is 0 Å². The van der Waals surface area contributed by atoms with E-state index in [9.17, 15) is 18.0 Å². The molecule has 2 rings (SSSR count). The van der Waals surface area contributed by atoms with Crippen LogP contribution in [0.4, 0.5) is 13.2 Å². The van der Waals surface area contributed by atoms with Crippen molar-refractivity contribution in [1.82, 2.24) is 10.3 Å². The molecule has 0 aliphatic carbocycles. The summed E-state index contributed by atoms with van der Waals surface area (Å²) in [5, 5.41) is 2.70. The summed E-state index contributed by atoms with van der Waals surface area (Å²) in [6.07, 6.45) is 1.85. The van der Waals surface area contributed by atoms with E-state index >= 15 is 0 Å². The summed E-state index contributed by atoms with van der Waals surface area (Å²) in [7, 11) is 0. The molecule has 0 saturated heterocycles. The zero-order chi connectivity index (χ0) is 16.9. The maximum atomic E-state index is 12.5. The molecule has 1 amide bonds. The number of pyridine rings is 1. The van der Waals surface area contributed by atoms with E-state index in [1.54, 1.807) is 37.5 Å². The fourth-order valence-electron chi connectivity index (χ4n) is 1.95. The summed E-state index contributed by atoms with van der Waals surface area (Å²) in [6, 6.07) is 7.88. The number of aromatic nitrogens is 1. The van der Waals surface area contributed by atoms with Gasteiger partial charge in [-0.2, -0.15) is 13.2 Å². The van der Waals surface area contributed by atoms with Gasteiger partial charge in [0.05, 0.1) is 11.6 Å². The van der Waals surface area contributed by atoms with Crippen molar-refractivity contribution in [2.45, 2.75) is 19.1 Å². The summed E-state index contributed by atoms with van der Waals surface area (Å²) < 4.78 is 37.5. The lowest BCUT2D eigenvalue weighted by atomic mass is 10.1. The molecule has 1 heterocycles. The molecular formula is C17H15F3N2O. The molecular weight excluding hydrogens is 305 g/mol. The summed E-state index contributed by atoms with van der Waals surface area (Å²) >= 11 is 0. The van der Waals surface area contributed by atoms with Crippen LogP contribution in [0.3, 0.4) is 0 Å². The Morgan fingerprint density at radius 3 is 2.48 bits per heavy atom. The number of amides is 1. The Balaban J connectivity index is 1.97. The first-order chi connectivity index (χ1) is 10.9. The number of benzene rings is 1. The molecule has 0 fully saturated rings. The molecule has 0 aliphatic heterocycles. The van der Waals surface area contributed by atoms with Crippen LogP contribution in [-0.2, 0) is 11.0 Å². The maximum Gasteiger partial charge on any atom is 0.416 e. The molecule has 23 heavy (non-hydrogen) atoms. The Labute approximate surface area is 131 Å². The second-order valence-corrected chi connectivity index (χ2v) is 4.97. The largest absolute Gasteiger partial charge is 0.416 e. The Bertz CT molecular complexity index is 679. The summed E-state index contributed by atoms with van der Waals surface area (Å²) in [5.74, 6) is -0.332. The van der Waals surface area contributed by atoms with E-state index < -0.39 is 17.8 Å². The number of halogens is 3. The average molecular weight is 320 g/mol. The Morgan fingerprint density at radius 2 is 1.91 bits per heavy atom. The van der Waals surface area contributed by atoms with Crippen LogP contribution in [0.5, 0.6) is 0 Å². The third-order valence-corrected chi connectivity index (χ3v) is 3.21. The van der Waals surface area contributed by atoms with Gasteiger partial charge < -0.3 is 5.32 Å². The lowest BCUT2D eigenvalue weighted by Gasteiger charge is -2.14. The molecule has 1 N–H and O–H groups in total. The van der Waals surface area contributed by atoms with Crippen LogP contribution in [0.2, 0.25) is 0 Å². The molecule has 1 unspecified atom stereocenters. The molecule has 0 spiro atoms. The molecule has 1 aromatic heterocycles. The molecule has 0 saturated carbocycles. The Morgan fingerprint density at radius 1 is 1.22 bits per heavy atom. The highest BCUT2D eigenvalue weighted by atomic mass is 19.4. The molecule has 0 aliphatic rings.